The van der Waals surface area contributed by atoms with Gasteiger partial charge in [-0.05, 0) is 6.42 Å². The lowest BCUT2D eigenvalue weighted by atomic mass is 10.2. The summed E-state index contributed by atoms with van der Waals surface area (Å²) < 4.78 is 0. The molecule has 1 aliphatic heterocycles. The molecule has 0 aliphatic carbocycles. The zero-order chi connectivity index (χ0) is 10.6. The van der Waals surface area contributed by atoms with E-state index in [1.165, 1.54) is 0 Å². The van der Waals surface area contributed by atoms with E-state index in [9.17, 15) is 9.59 Å². The van der Waals surface area contributed by atoms with E-state index in [0.29, 0.717) is 26.2 Å². The number of carbonyl (C=O) groups excluding carboxylic acids is 2. The highest BCUT2D eigenvalue weighted by Gasteiger charge is 2.31. The van der Waals surface area contributed by atoms with Crippen molar-refractivity contribution in [3.05, 3.63) is 0 Å². The van der Waals surface area contributed by atoms with Crippen molar-refractivity contribution in [1.82, 2.24) is 9.80 Å². The topological polar surface area (TPSA) is 40.6 Å². The normalized spacial score (nSPS) is 17.9. The highest BCUT2D eigenvalue weighted by molar-refractivity contribution is 9.09. The quantitative estimate of drug-likeness (QED) is 0.546. The molecule has 0 N–H and O–H groups in total. The maximum atomic E-state index is 11.5. The molecule has 5 heteroatoms. The number of hydrogen-bond donors (Lipinski definition) is 0. The first-order chi connectivity index (χ1) is 6.70. The number of piperazine rings is 1. The van der Waals surface area contributed by atoms with E-state index >= 15 is 0 Å². The molecule has 0 aromatic carbocycles. The molecule has 14 heavy (non-hydrogen) atoms. The van der Waals surface area contributed by atoms with Crippen molar-refractivity contribution >= 4 is 27.7 Å². The predicted octanol–water partition coefficient (Wildman–Crippen LogP) is 0.462. The highest BCUT2D eigenvalue weighted by atomic mass is 79.9. The van der Waals surface area contributed by atoms with Crippen molar-refractivity contribution in [1.29, 1.82) is 0 Å². The average molecular weight is 263 g/mol. The summed E-state index contributed by atoms with van der Waals surface area (Å²) in [6.45, 7) is 4.64. The summed E-state index contributed by atoms with van der Waals surface area (Å²) in [4.78, 5) is 26.3. The summed E-state index contributed by atoms with van der Waals surface area (Å²) in [6.07, 6.45) is 0.900. The smallest absolute Gasteiger partial charge is 0.312 e. The van der Waals surface area contributed by atoms with Crippen molar-refractivity contribution in [2.45, 2.75) is 13.3 Å². The zero-order valence-corrected chi connectivity index (χ0v) is 9.92. The fourth-order valence-corrected chi connectivity index (χ4v) is 1.94. The van der Waals surface area contributed by atoms with Gasteiger partial charge >= 0.3 is 11.8 Å². The third kappa shape index (κ3) is 2.47. The number of alkyl halides is 1. The molecule has 0 unspecified atom stereocenters. The van der Waals surface area contributed by atoms with Gasteiger partial charge in [0.25, 0.3) is 0 Å². The van der Waals surface area contributed by atoms with Gasteiger partial charge < -0.3 is 9.80 Å². The molecule has 0 spiro atoms. The van der Waals surface area contributed by atoms with Gasteiger partial charge in [-0.25, -0.2) is 0 Å². The van der Waals surface area contributed by atoms with Crippen LogP contribution in [0.4, 0.5) is 0 Å². The van der Waals surface area contributed by atoms with Gasteiger partial charge in [0, 0.05) is 31.5 Å². The zero-order valence-electron chi connectivity index (χ0n) is 8.33. The van der Waals surface area contributed by atoms with Crippen LogP contribution in [0.3, 0.4) is 0 Å². The molecular weight excluding hydrogens is 248 g/mol. The van der Waals surface area contributed by atoms with Crippen LogP contribution >= 0.6 is 15.9 Å². The van der Waals surface area contributed by atoms with Gasteiger partial charge in [0.2, 0.25) is 0 Å². The molecule has 1 fully saturated rings. The van der Waals surface area contributed by atoms with Crippen molar-refractivity contribution < 1.29 is 9.59 Å². The summed E-state index contributed by atoms with van der Waals surface area (Å²) in [5.41, 5.74) is 0. The molecule has 80 valence electrons. The third-order valence-electron chi connectivity index (χ3n) is 2.25. The summed E-state index contributed by atoms with van der Waals surface area (Å²) in [5, 5.41) is 0.722. The number of amides is 2. The van der Waals surface area contributed by atoms with Crippen molar-refractivity contribution in [2.24, 2.45) is 0 Å². The lowest BCUT2D eigenvalue weighted by molar-refractivity contribution is -0.155. The standard InChI is InChI=1S/C9H15BrN2O2/c1-2-4-11-6-7-12(5-3-10)9(14)8(11)13/h2-7H2,1H3. The Hall–Kier alpha value is -0.580. The summed E-state index contributed by atoms with van der Waals surface area (Å²) in [6, 6.07) is 0. The van der Waals surface area contributed by atoms with Crippen molar-refractivity contribution in [3.63, 3.8) is 0 Å². The molecule has 0 radical (unpaired) electrons. The van der Waals surface area contributed by atoms with Crippen molar-refractivity contribution in [2.75, 3.05) is 31.5 Å². The van der Waals surface area contributed by atoms with Gasteiger partial charge in [-0.15, -0.1) is 0 Å². The minimum Gasteiger partial charge on any atom is -0.333 e. The van der Waals surface area contributed by atoms with E-state index in [4.69, 9.17) is 0 Å². The van der Waals surface area contributed by atoms with Crippen LogP contribution in [0.1, 0.15) is 13.3 Å². The number of carbonyl (C=O) groups is 2. The molecule has 0 aromatic heterocycles. The Balaban J connectivity index is 2.55. The number of nitrogens with zero attached hydrogens (tertiary/aromatic N) is 2. The Morgan fingerprint density at radius 1 is 1.14 bits per heavy atom. The summed E-state index contributed by atoms with van der Waals surface area (Å²) in [5.74, 6) is -0.705. The van der Waals surface area contributed by atoms with Crippen LogP contribution in [0.2, 0.25) is 0 Å². The Labute approximate surface area is 92.4 Å². The Bertz CT molecular complexity index is 209. The van der Waals surface area contributed by atoms with Crippen LogP contribution in [0.25, 0.3) is 0 Å². The fraction of sp³-hybridized carbons (Fsp3) is 0.778. The van der Waals surface area contributed by atoms with Crippen LogP contribution in [0.5, 0.6) is 0 Å². The average Bonchev–Trinajstić information content (AvgIpc) is 2.18. The second kappa shape index (κ2) is 5.34. The number of halogens is 1. The van der Waals surface area contributed by atoms with E-state index in [0.717, 1.165) is 11.8 Å². The predicted molar refractivity (Wildman–Crippen MR) is 57.2 cm³/mol. The second-order valence-electron chi connectivity index (χ2n) is 3.27. The Morgan fingerprint density at radius 2 is 1.64 bits per heavy atom. The summed E-state index contributed by atoms with van der Waals surface area (Å²) >= 11 is 3.26. The van der Waals surface area contributed by atoms with Crippen LogP contribution in [0.15, 0.2) is 0 Å². The first kappa shape index (κ1) is 11.5. The van der Waals surface area contributed by atoms with E-state index < -0.39 is 0 Å². The molecule has 1 aliphatic rings. The number of hydrogen-bond acceptors (Lipinski definition) is 2. The van der Waals surface area contributed by atoms with Gasteiger partial charge in [0.15, 0.2) is 0 Å². The molecule has 0 aromatic rings. The van der Waals surface area contributed by atoms with E-state index in [2.05, 4.69) is 15.9 Å². The Kier molecular flexibility index (Phi) is 4.38. The molecular formula is C9H15BrN2O2. The lowest BCUT2D eigenvalue weighted by Gasteiger charge is -2.33. The van der Waals surface area contributed by atoms with E-state index in [1.54, 1.807) is 9.80 Å². The first-order valence-electron chi connectivity index (χ1n) is 4.84. The van der Waals surface area contributed by atoms with Crippen LogP contribution in [0, 0.1) is 0 Å². The van der Waals surface area contributed by atoms with E-state index in [1.807, 2.05) is 6.92 Å². The molecule has 0 atom stereocenters. The maximum absolute atomic E-state index is 11.5. The minimum absolute atomic E-state index is 0.348. The molecule has 0 bridgehead atoms. The maximum Gasteiger partial charge on any atom is 0.312 e. The first-order valence-corrected chi connectivity index (χ1v) is 5.97. The van der Waals surface area contributed by atoms with Crippen LogP contribution in [-0.2, 0) is 9.59 Å². The molecule has 1 rings (SSSR count). The SMILES string of the molecule is CCCN1CCN(CCBr)C(=O)C1=O. The van der Waals surface area contributed by atoms with E-state index in [-0.39, 0.29) is 11.8 Å². The second-order valence-corrected chi connectivity index (χ2v) is 4.07. The molecule has 0 saturated carbocycles. The largest absolute Gasteiger partial charge is 0.333 e. The van der Waals surface area contributed by atoms with Crippen molar-refractivity contribution in [3.8, 4) is 0 Å². The van der Waals surface area contributed by atoms with Gasteiger partial charge in [-0.1, -0.05) is 22.9 Å². The highest BCUT2D eigenvalue weighted by Crippen LogP contribution is 2.05. The molecule has 1 heterocycles. The van der Waals surface area contributed by atoms with Crippen LogP contribution in [-0.4, -0.2) is 53.1 Å². The van der Waals surface area contributed by atoms with Gasteiger partial charge in [-0.2, -0.15) is 0 Å². The molecule has 2 amide bonds. The van der Waals surface area contributed by atoms with Gasteiger partial charge in [0.1, 0.15) is 0 Å². The minimum atomic E-state index is -0.357. The summed E-state index contributed by atoms with van der Waals surface area (Å²) in [7, 11) is 0. The monoisotopic (exact) mass is 262 g/mol. The Morgan fingerprint density at radius 3 is 2.07 bits per heavy atom. The lowest BCUT2D eigenvalue weighted by Crippen LogP contribution is -2.54. The van der Waals surface area contributed by atoms with Crippen LogP contribution < -0.4 is 0 Å². The van der Waals surface area contributed by atoms with Gasteiger partial charge in [-0.3, -0.25) is 9.59 Å². The number of rotatable bonds is 4. The van der Waals surface area contributed by atoms with Gasteiger partial charge in [0.05, 0.1) is 0 Å². The fourth-order valence-electron chi connectivity index (χ4n) is 1.51. The molecule has 4 nitrogen and oxygen atoms in total. The third-order valence-corrected chi connectivity index (χ3v) is 2.60. The molecule has 1 saturated heterocycles.